The Labute approximate surface area is 227 Å². The summed E-state index contributed by atoms with van der Waals surface area (Å²) in [5, 5.41) is -0.241. The van der Waals surface area contributed by atoms with E-state index in [1.165, 1.54) is 15.7 Å². The fraction of sp³-hybridized carbons (Fsp3) is 0.357. The van der Waals surface area contributed by atoms with E-state index in [0.717, 1.165) is 17.2 Å². The van der Waals surface area contributed by atoms with Crippen LogP contribution < -0.4 is 0 Å². The lowest BCUT2D eigenvalue weighted by atomic mass is 9.90. The highest BCUT2D eigenvalue weighted by Gasteiger charge is 2.51. The average molecular weight is 565 g/mol. The van der Waals surface area contributed by atoms with Gasteiger partial charge in [0.05, 0.1) is 18.8 Å². The molecule has 1 aliphatic heterocycles. The van der Waals surface area contributed by atoms with Crippen molar-refractivity contribution in [1.82, 2.24) is 8.61 Å². The van der Waals surface area contributed by atoms with E-state index < -0.39 is 33.2 Å². The molecule has 1 aliphatic rings. The van der Waals surface area contributed by atoms with Crippen LogP contribution in [0.4, 0.5) is 13.2 Å². The number of halogens is 3. The van der Waals surface area contributed by atoms with Gasteiger partial charge in [-0.3, -0.25) is 0 Å². The Bertz CT molecular complexity index is 1330. The Morgan fingerprint density at radius 3 is 2.24 bits per heavy atom. The quantitative estimate of drug-likeness (QED) is 0.252. The number of nitrogens with zero attached hydrogens (tertiary/aromatic N) is 2. The summed E-state index contributed by atoms with van der Waals surface area (Å²) in [4.78, 5) is 0. The summed E-state index contributed by atoms with van der Waals surface area (Å²) < 4.78 is 77.7. The predicted molar refractivity (Wildman–Crippen MR) is 144 cm³/mol. The molecule has 1 heterocycles. The van der Waals surface area contributed by atoms with Gasteiger partial charge in [-0.1, -0.05) is 60.7 Å². The van der Waals surface area contributed by atoms with Gasteiger partial charge in [0.2, 0.25) is 0 Å². The standard InChI is InChI=1S/C28H31F3N2O3S2/c1-32(17-22-10-6-3-7-11-22)38(34,35)33-18-24(37)16-28(33,13-12-21-8-4-2-5-9-21)20-36-19-23-14-26(30)27(31)15-25(23)29/h2-11,14-15,24,37H,12-13,16-20H2,1H3/t24-,28+/m1/s1. The molecule has 0 amide bonds. The monoisotopic (exact) mass is 564 g/mol. The van der Waals surface area contributed by atoms with E-state index in [9.17, 15) is 21.6 Å². The minimum absolute atomic E-state index is 0.0618. The Morgan fingerprint density at radius 1 is 0.974 bits per heavy atom. The predicted octanol–water partition coefficient (Wildman–Crippen LogP) is 5.37. The van der Waals surface area contributed by atoms with Gasteiger partial charge in [-0.15, -0.1) is 0 Å². The van der Waals surface area contributed by atoms with Crippen molar-refractivity contribution in [2.24, 2.45) is 0 Å². The second-order valence-corrected chi connectivity index (χ2v) is 12.4. The lowest BCUT2D eigenvalue weighted by Gasteiger charge is -2.39. The van der Waals surface area contributed by atoms with Crippen LogP contribution in [0.1, 0.15) is 29.5 Å². The number of hydrogen-bond acceptors (Lipinski definition) is 4. The number of hydrogen-bond donors (Lipinski definition) is 1. The maximum Gasteiger partial charge on any atom is 0.282 e. The van der Waals surface area contributed by atoms with Crippen molar-refractivity contribution >= 4 is 22.8 Å². The topological polar surface area (TPSA) is 49.9 Å². The van der Waals surface area contributed by atoms with Crippen molar-refractivity contribution in [3.63, 3.8) is 0 Å². The first-order valence-electron chi connectivity index (χ1n) is 12.3. The summed E-state index contributed by atoms with van der Waals surface area (Å²) in [7, 11) is -2.41. The Morgan fingerprint density at radius 2 is 1.58 bits per heavy atom. The minimum atomic E-state index is -3.94. The second kappa shape index (κ2) is 12.2. The molecule has 4 rings (SSSR count). The molecule has 0 aliphatic carbocycles. The first kappa shape index (κ1) is 28.6. The van der Waals surface area contributed by atoms with Gasteiger partial charge in [0.1, 0.15) is 5.82 Å². The van der Waals surface area contributed by atoms with E-state index in [2.05, 4.69) is 12.6 Å². The number of rotatable bonds is 11. The molecule has 3 aromatic rings. The lowest BCUT2D eigenvalue weighted by Crippen LogP contribution is -2.54. The van der Waals surface area contributed by atoms with Crippen molar-refractivity contribution in [2.45, 2.75) is 43.2 Å². The zero-order chi connectivity index (χ0) is 27.3. The molecule has 0 saturated carbocycles. The molecule has 10 heteroatoms. The van der Waals surface area contributed by atoms with Crippen LogP contribution in [0.15, 0.2) is 72.8 Å². The third-order valence-electron chi connectivity index (χ3n) is 6.88. The highest BCUT2D eigenvalue weighted by Crippen LogP contribution is 2.40. The van der Waals surface area contributed by atoms with E-state index in [1.807, 2.05) is 60.7 Å². The second-order valence-electron chi connectivity index (χ2n) is 9.70. The smallest absolute Gasteiger partial charge is 0.282 e. The Balaban J connectivity index is 1.60. The lowest BCUT2D eigenvalue weighted by molar-refractivity contribution is 0.0296. The first-order chi connectivity index (χ1) is 18.1. The third kappa shape index (κ3) is 6.60. The molecule has 0 spiro atoms. The van der Waals surface area contributed by atoms with Crippen LogP contribution in [0.25, 0.3) is 0 Å². The fourth-order valence-corrected chi connectivity index (χ4v) is 7.23. The van der Waals surface area contributed by atoms with Crippen LogP contribution in [0, 0.1) is 17.5 Å². The van der Waals surface area contributed by atoms with Gasteiger partial charge in [0, 0.05) is 37.0 Å². The molecule has 1 fully saturated rings. The highest BCUT2D eigenvalue weighted by molar-refractivity contribution is 7.86. The Hall–Kier alpha value is -2.37. The molecule has 0 radical (unpaired) electrons. The summed E-state index contributed by atoms with van der Waals surface area (Å²) in [6.45, 7) is -0.0241. The van der Waals surface area contributed by atoms with E-state index in [1.54, 1.807) is 0 Å². The largest absolute Gasteiger partial charge is 0.375 e. The van der Waals surface area contributed by atoms with Crippen LogP contribution >= 0.6 is 12.6 Å². The van der Waals surface area contributed by atoms with Gasteiger partial charge in [-0.05, 0) is 36.5 Å². The van der Waals surface area contributed by atoms with E-state index in [0.29, 0.717) is 25.3 Å². The van der Waals surface area contributed by atoms with Crippen molar-refractivity contribution in [1.29, 1.82) is 0 Å². The van der Waals surface area contributed by atoms with Crippen molar-refractivity contribution in [3.8, 4) is 0 Å². The average Bonchev–Trinajstić information content (AvgIpc) is 3.24. The molecular formula is C28H31F3N2O3S2. The van der Waals surface area contributed by atoms with E-state index in [-0.39, 0.29) is 37.1 Å². The molecule has 0 aromatic heterocycles. The van der Waals surface area contributed by atoms with Gasteiger partial charge in [0.15, 0.2) is 11.6 Å². The van der Waals surface area contributed by atoms with Gasteiger partial charge >= 0.3 is 0 Å². The molecule has 0 N–H and O–H groups in total. The summed E-state index contributed by atoms with van der Waals surface area (Å²) in [6.07, 6.45) is 1.44. The minimum Gasteiger partial charge on any atom is -0.375 e. The normalized spacial score (nSPS) is 20.3. The van der Waals surface area contributed by atoms with Gasteiger partial charge in [0.25, 0.3) is 10.2 Å². The summed E-state index contributed by atoms with van der Waals surface area (Å²) in [5.41, 5.74) is 0.774. The van der Waals surface area contributed by atoms with Crippen LogP contribution in [0.3, 0.4) is 0 Å². The molecule has 0 unspecified atom stereocenters. The molecule has 38 heavy (non-hydrogen) atoms. The number of thiol groups is 1. The van der Waals surface area contributed by atoms with E-state index in [4.69, 9.17) is 4.74 Å². The van der Waals surface area contributed by atoms with Gasteiger partial charge in [-0.25, -0.2) is 13.2 Å². The number of aryl methyl sites for hydroxylation is 1. The Kier molecular flexibility index (Phi) is 9.20. The maximum atomic E-state index is 14.2. The number of benzene rings is 3. The van der Waals surface area contributed by atoms with Crippen LogP contribution in [-0.4, -0.2) is 48.0 Å². The first-order valence-corrected chi connectivity index (χ1v) is 14.2. The van der Waals surface area contributed by atoms with Gasteiger partial charge in [-0.2, -0.15) is 29.7 Å². The third-order valence-corrected chi connectivity index (χ3v) is 9.24. The van der Waals surface area contributed by atoms with Crippen molar-refractivity contribution < 1.29 is 26.3 Å². The molecule has 204 valence electrons. The zero-order valence-corrected chi connectivity index (χ0v) is 22.8. The highest BCUT2D eigenvalue weighted by atomic mass is 32.2. The summed E-state index contributed by atoms with van der Waals surface area (Å²) in [5.74, 6) is -3.38. The molecule has 0 bridgehead atoms. The molecule has 3 aromatic carbocycles. The fourth-order valence-electron chi connectivity index (χ4n) is 4.90. The molecule has 5 nitrogen and oxygen atoms in total. The van der Waals surface area contributed by atoms with Gasteiger partial charge < -0.3 is 4.74 Å². The summed E-state index contributed by atoms with van der Waals surface area (Å²) >= 11 is 4.65. The zero-order valence-electron chi connectivity index (χ0n) is 21.1. The SMILES string of the molecule is CN(Cc1ccccc1)S(=O)(=O)N1C[C@H](S)C[C@@]1(CCc1ccccc1)COCc1cc(F)c(F)cc1F. The van der Waals surface area contributed by atoms with Crippen LogP contribution in [0.5, 0.6) is 0 Å². The van der Waals surface area contributed by atoms with Crippen molar-refractivity contribution in [3.05, 3.63) is 107 Å². The molecule has 1 saturated heterocycles. The van der Waals surface area contributed by atoms with Crippen LogP contribution in [-0.2, 0) is 34.5 Å². The van der Waals surface area contributed by atoms with Crippen molar-refractivity contribution in [2.75, 3.05) is 20.2 Å². The molecular weight excluding hydrogens is 533 g/mol. The van der Waals surface area contributed by atoms with E-state index >= 15 is 0 Å². The maximum absolute atomic E-state index is 14.2. The summed E-state index contributed by atoms with van der Waals surface area (Å²) in [6, 6.07) is 20.2. The number of ether oxygens (including phenoxy) is 1. The van der Waals surface area contributed by atoms with Crippen LogP contribution in [0.2, 0.25) is 0 Å². The molecule has 2 atom stereocenters.